The first-order valence-corrected chi connectivity index (χ1v) is 8.05. The number of carbonyl (C=O) groups excluding carboxylic acids is 3. The Kier molecular flexibility index (Phi) is 4.28. The van der Waals surface area contributed by atoms with Gasteiger partial charge in [0.2, 0.25) is 0 Å². The molecule has 2 fully saturated rings. The van der Waals surface area contributed by atoms with Gasteiger partial charge >= 0.3 is 6.18 Å². The van der Waals surface area contributed by atoms with Gasteiger partial charge in [0.15, 0.2) is 17.3 Å². The molecule has 0 saturated heterocycles. The molecule has 0 aromatic heterocycles. The van der Waals surface area contributed by atoms with Gasteiger partial charge in [0.25, 0.3) is 0 Å². The Hall–Kier alpha value is -1.69. The number of alkyl halides is 3. The number of Topliss-reactive ketones (excluding diaryl/α,β-unsaturated/α-hetero) is 3. The lowest BCUT2D eigenvalue weighted by molar-refractivity contribution is -0.140. The van der Waals surface area contributed by atoms with E-state index in [9.17, 15) is 27.6 Å². The van der Waals surface area contributed by atoms with Crippen molar-refractivity contribution in [2.24, 2.45) is 17.8 Å². The second kappa shape index (κ2) is 5.99. The lowest BCUT2D eigenvalue weighted by Crippen LogP contribution is -2.43. The van der Waals surface area contributed by atoms with Crippen LogP contribution in [0.1, 0.15) is 41.6 Å². The summed E-state index contributed by atoms with van der Waals surface area (Å²) in [4.78, 5) is 37.4. The zero-order chi connectivity index (χ0) is 17.6. The van der Waals surface area contributed by atoms with Crippen LogP contribution in [0, 0.1) is 17.8 Å². The third-order valence-electron chi connectivity index (χ3n) is 4.91. The minimum absolute atomic E-state index is 0.0682. The van der Waals surface area contributed by atoms with Gasteiger partial charge in [0, 0.05) is 22.9 Å². The van der Waals surface area contributed by atoms with Crippen LogP contribution in [0.2, 0.25) is 5.02 Å². The van der Waals surface area contributed by atoms with Crippen molar-refractivity contribution in [2.75, 3.05) is 0 Å². The molecule has 0 radical (unpaired) electrons. The molecule has 0 aliphatic heterocycles. The maximum Gasteiger partial charge on any atom is 0.417 e. The smallest absolute Gasteiger partial charge is 0.298 e. The lowest BCUT2D eigenvalue weighted by Gasteiger charge is -2.29. The van der Waals surface area contributed by atoms with Crippen molar-refractivity contribution < 1.29 is 27.6 Å². The largest absolute Gasteiger partial charge is 0.417 e. The third kappa shape index (κ3) is 2.88. The predicted molar refractivity (Wildman–Crippen MR) is 79.7 cm³/mol. The van der Waals surface area contributed by atoms with E-state index in [-0.39, 0.29) is 17.4 Å². The van der Waals surface area contributed by atoms with Crippen LogP contribution in [-0.4, -0.2) is 17.3 Å². The predicted octanol–water partition coefficient (Wildman–Crippen LogP) is 4.12. The van der Waals surface area contributed by atoms with Crippen molar-refractivity contribution in [1.29, 1.82) is 0 Å². The fourth-order valence-electron chi connectivity index (χ4n) is 3.80. The molecular formula is C17H14ClF3O3. The second-order valence-corrected chi connectivity index (χ2v) is 6.79. The fraction of sp³-hybridized carbons (Fsp3) is 0.471. The summed E-state index contributed by atoms with van der Waals surface area (Å²) in [6, 6.07) is 2.74. The highest BCUT2D eigenvalue weighted by molar-refractivity contribution is 6.31. The molecule has 0 N–H and O–H groups in total. The summed E-state index contributed by atoms with van der Waals surface area (Å²) in [5.41, 5.74) is -1.89. The highest BCUT2D eigenvalue weighted by Crippen LogP contribution is 2.42. The van der Waals surface area contributed by atoms with Gasteiger partial charge in [0.1, 0.15) is 5.92 Å². The van der Waals surface area contributed by atoms with Gasteiger partial charge in [-0.05, 0) is 37.0 Å². The summed E-state index contributed by atoms with van der Waals surface area (Å²) in [5.74, 6) is -4.25. The van der Waals surface area contributed by atoms with Crippen molar-refractivity contribution >= 4 is 29.0 Å². The average Bonchev–Trinajstić information content (AvgIpc) is 2.94. The number of hydrogen-bond donors (Lipinski definition) is 0. The Morgan fingerprint density at radius 2 is 1.88 bits per heavy atom. The standard InChI is InChI=1S/C17H14ClF3O3/c18-9-4-5-11(12(7-9)17(19,20)21)16(24)14-13(22)6-8-2-1-3-10(8)15(14)23/h4-5,7-8,10,14H,1-3,6H2. The van der Waals surface area contributed by atoms with E-state index in [0.29, 0.717) is 12.5 Å². The Morgan fingerprint density at radius 3 is 2.54 bits per heavy atom. The topological polar surface area (TPSA) is 51.2 Å². The summed E-state index contributed by atoms with van der Waals surface area (Å²) in [6.07, 6.45) is -2.58. The molecule has 2 saturated carbocycles. The molecule has 3 rings (SSSR count). The van der Waals surface area contributed by atoms with Crippen LogP contribution in [0.15, 0.2) is 18.2 Å². The SMILES string of the molecule is O=C1CC2CCCC2C(=O)C1C(=O)c1ccc(Cl)cc1C(F)(F)F. The van der Waals surface area contributed by atoms with E-state index >= 15 is 0 Å². The maximum atomic E-state index is 13.2. The third-order valence-corrected chi connectivity index (χ3v) is 5.14. The van der Waals surface area contributed by atoms with E-state index < -0.39 is 46.5 Å². The average molecular weight is 359 g/mol. The molecule has 7 heteroatoms. The van der Waals surface area contributed by atoms with Gasteiger partial charge in [-0.25, -0.2) is 0 Å². The summed E-state index contributed by atoms with van der Waals surface area (Å²) < 4.78 is 39.6. The number of fused-ring (bicyclic) bond motifs is 1. The van der Waals surface area contributed by atoms with E-state index in [1.807, 2.05) is 0 Å². The molecule has 2 aliphatic rings. The molecule has 24 heavy (non-hydrogen) atoms. The highest BCUT2D eigenvalue weighted by Gasteiger charge is 2.49. The Bertz CT molecular complexity index is 726. The van der Waals surface area contributed by atoms with Crippen molar-refractivity contribution in [3.63, 3.8) is 0 Å². The normalized spacial score (nSPS) is 27.2. The first kappa shape index (κ1) is 17.1. The molecule has 0 heterocycles. The van der Waals surface area contributed by atoms with E-state index in [1.165, 1.54) is 0 Å². The molecule has 3 unspecified atom stereocenters. The van der Waals surface area contributed by atoms with E-state index in [4.69, 9.17) is 11.6 Å². The summed E-state index contributed by atoms with van der Waals surface area (Å²) >= 11 is 5.60. The lowest BCUT2D eigenvalue weighted by atomic mass is 9.71. The molecular weight excluding hydrogens is 345 g/mol. The molecule has 1 aromatic rings. The number of carbonyl (C=O) groups is 3. The second-order valence-electron chi connectivity index (χ2n) is 6.36. The number of hydrogen-bond acceptors (Lipinski definition) is 3. The Morgan fingerprint density at radius 1 is 1.17 bits per heavy atom. The first-order valence-electron chi connectivity index (χ1n) is 7.67. The molecule has 0 bridgehead atoms. The van der Waals surface area contributed by atoms with Crippen LogP contribution in [0.3, 0.4) is 0 Å². The minimum Gasteiger partial charge on any atom is -0.298 e. The maximum absolute atomic E-state index is 13.2. The van der Waals surface area contributed by atoms with Crippen LogP contribution in [0.5, 0.6) is 0 Å². The number of benzene rings is 1. The number of ketones is 3. The molecule has 0 amide bonds. The van der Waals surface area contributed by atoms with Crippen LogP contribution in [0.25, 0.3) is 0 Å². The summed E-state index contributed by atoms with van der Waals surface area (Å²) in [7, 11) is 0. The number of rotatable bonds is 2. The minimum atomic E-state index is -4.80. The van der Waals surface area contributed by atoms with Gasteiger partial charge in [-0.15, -0.1) is 0 Å². The first-order chi connectivity index (χ1) is 11.2. The summed E-state index contributed by atoms with van der Waals surface area (Å²) in [5, 5.41) is -0.170. The van der Waals surface area contributed by atoms with Crippen molar-refractivity contribution in [3.05, 3.63) is 34.3 Å². The van der Waals surface area contributed by atoms with Gasteiger partial charge in [0.05, 0.1) is 5.56 Å². The van der Waals surface area contributed by atoms with Crippen LogP contribution < -0.4 is 0 Å². The fourth-order valence-corrected chi connectivity index (χ4v) is 3.97. The van der Waals surface area contributed by atoms with E-state index in [0.717, 1.165) is 25.0 Å². The molecule has 3 atom stereocenters. The zero-order valence-corrected chi connectivity index (χ0v) is 13.3. The van der Waals surface area contributed by atoms with Crippen molar-refractivity contribution in [3.8, 4) is 0 Å². The molecule has 1 aromatic carbocycles. The highest BCUT2D eigenvalue weighted by atomic mass is 35.5. The molecule has 0 spiro atoms. The monoisotopic (exact) mass is 358 g/mol. The van der Waals surface area contributed by atoms with Gasteiger partial charge in [-0.2, -0.15) is 13.2 Å². The number of halogens is 4. The van der Waals surface area contributed by atoms with Gasteiger partial charge in [-0.3, -0.25) is 14.4 Å². The van der Waals surface area contributed by atoms with Crippen LogP contribution in [-0.2, 0) is 15.8 Å². The van der Waals surface area contributed by atoms with Gasteiger partial charge < -0.3 is 0 Å². The van der Waals surface area contributed by atoms with E-state index in [1.54, 1.807) is 0 Å². The molecule has 128 valence electrons. The summed E-state index contributed by atoms with van der Waals surface area (Å²) in [6.45, 7) is 0. The quantitative estimate of drug-likeness (QED) is 0.590. The zero-order valence-electron chi connectivity index (χ0n) is 12.5. The Balaban J connectivity index is 2.00. The molecule has 2 aliphatic carbocycles. The van der Waals surface area contributed by atoms with Crippen molar-refractivity contribution in [1.82, 2.24) is 0 Å². The van der Waals surface area contributed by atoms with Gasteiger partial charge in [-0.1, -0.05) is 18.0 Å². The van der Waals surface area contributed by atoms with Crippen LogP contribution >= 0.6 is 11.6 Å². The molecule has 3 nitrogen and oxygen atoms in total. The van der Waals surface area contributed by atoms with Crippen LogP contribution in [0.4, 0.5) is 13.2 Å². The van der Waals surface area contributed by atoms with Crippen molar-refractivity contribution in [2.45, 2.75) is 31.9 Å². The van der Waals surface area contributed by atoms with E-state index in [2.05, 4.69) is 0 Å². The Labute approximate surface area is 141 Å².